The number of hydrogen-bond donors (Lipinski definition) is 0. The smallest absolute Gasteiger partial charge is 0.305 e. The molecule has 0 unspecified atom stereocenters. The van der Waals surface area contributed by atoms with Crippen molar-refractivity contribution in [3.05, 3.63) is 251 Å². The number of hydrogen-bond acceptors (Lipinski definition) is 25. The molecule has 140 heavy (non-hydrogen) atoms. The van der Waals surface area contributed by atoms with Crippen LogP contribution in [0.3, 0.4) is 0 Å². The highest BCUT2D eigenvalue weighted by Crippen LogP contribution is 2.42. The number of esters is 4. The van der Waals surface area contributed by atoms with Crippen molar-refractivity contribution >= 4 is 23.9 Å². The first-order valence-electron chi connectivity index (χ1n) is 52.5. The van der Waals surface area contributed by atoms with Gasteiger partial charge in [-0.05, 0) is 64.6 Å². The van der Waals surface area contributed by atoms with Crippen molar-refractivity contribution in [3.8, 4) is 0 Å². The molecule has 0 aromatic heterocycles. The molecular weight excluding hydrogens is 1780 g/mol. The first-order chi connectivity index (χ1) is 68.9. The fraction of sp³-hybridized carbons (Fsp3) is 0.600. The molecule has 5 saturated heterocycles. The van der Waals surface area contributed by atoms with E-state index < -0.39 is 135 Å². The van der Waals surface area contributed by atoms with Crippen LogP contribution in [0.1, 0.15) is 272 Å². The molecule has 7 aromatic carbocycles. The number of rotatable bonds is 71. The zero-order valence-electron chi connectivity index (χ0n) is 83.6. The average molecular weight is 1940 g/mol. The number of methoxy groups -OCH3 is 1. The molecule has 5 heterocycles. The predicted molar refractivity (Wildman–Crippen MR) is 530 cm³/mol. The fourth-order valence-corrected chi connectivity index (χ4v) is 18.5. The van der Waals surface area contributed by atoms with Crippen LogP contribution in [0.5, 0.6) is 0 Å². The molecule has 20 atom stereocenters. The van der Waals surface area contributed by atoms with Crippen LogP contribution in [-0.2, 0) is 165 Å². The first-order valence-corrected chi connectivity index (χ1v) is 52.5. The van der Waals surface area contributed by atoms with Gasteiger partial charge in [0, 0.05) is 32.8 Å². The van der Waals surface area contributed by atoms with Crippen LogP contribution in [0.2, 0.25) is 0 Å². The zero-order chi connectivity index (χ0) is 97.6. The second kappa shape index (κ2) is 64.5. The SMILES string of the molecule is CCCCCCCCCC(=O)OC[C@H]1O[C@@H](O[C@@H]2[C@@H](OC[C@H]3O[C@H](OC)[C@@H](OCc4ccccc4)[C@@H]3O[C@H]3O[C@H](COC(=O)CCCCCCCCC)[C@@H](OCc4ccccc4)[C@@H]3O[C@@H]3O[C@H](COC(=O)CCCCCCCCC)[C@@H](OCc4ccccc4)[C@@H]3OCc3ccccc3)O[C@H](COC(=O)CCCCCCCCC)[C@H]2OCc2ccccc2)[C@@H](OCc2ccccc2)[C@@H]1OCc1ccccc1. The lowest BCUT2D eigenvalue weighted by molar-refractivity contribution is -0.276. The van der Waals surface area contributed by atoms with Crippen molar-refractivity contribution in [2.45, 2.75) is 402 Å². The summed E-state index contributed by atoms with van der Waals surface area (Å²) in [5.74, 6) is -1.54. The highest BCUT2D eigenvalue weighted by molar-refractivity contribution is 5.70. The van der Waals surface area contributed by atoms with Gasteiger partial charge in [0.15, 0.2) is 31.5 Å². The van der Waals surface area contributed by atoms with Crippen molar-refractivity contribution in [1.29, 1.82) is 0 Å². The van der Waals surface area contributed by atoms with E-state index in [2.05, 4.69) is 27.7 Å². The van der Waals surface area contributed by atoms with Gasteiger partial charge in [-0.2, -0.15) is 0 Å². The van der Waals surface area contributed by atoms with Crippen molar-refractivity contribution in [2.75, 3.05) is 40.1 Å². The summed E-state index contributed by atoms with van der Waals surface area (Å²) in [6.07, 6.45) is 6.60. The predicted octanol–water partition coefficient (Wildman–Crippen LogP) is 22.3. The van der Waals surface area contributed by atoms with Gasteiger partial charge < -0.3 is 99.5 Å². The van der Waals surface area contributed by atoms with E-state index in [0.29, 0.717) is 25.7 Å². The Hall–Kier alpha value is -8.26. The van der Waals surface area contributed by atoms with Crippen LogP contribution >= 0.6 is 0 Å². The van der Waals surface area contributed by atoms with Gasteiger partial charge in [0.25, 0.3) is 0 Å². The maximum absolute atomic E-state index is 14.3. The Morgan fingerprint density at radius 3 is 0.657 bits per heavy atom. The van der Waals surface area contributed by atoms with E-state index in [-0.39, 0.29) is 117 Å². The summed E-state index contributed by atoms with van der Waals surface area (Å²) in [6, 6.07) is 68.2. The van der Waals surface area contributed by atoms with Crippen molar-refractivity contribution in [3.63, 3.8) is 0 Å². The van der Waals surface area contributed by atoms with Crippen LogP contribution in [-0.4, -0.2) is 187 Å². The Balaban J connectivity index is 0.919. The number of benzene rings is 7. The van der Waals surface area contributed by atoms with Gasteiger partial charge in [0.05, 0.1) is 52.9 Å². The monoisotopic (exact) mass is 1940 g/mol. The Morgan fingerprint density at radius 2 is 0.400 bits per heavy atom. The second-order valence-electron chi connectivity index (χ2n) is 37.6. The van der Waals surface area contributed by atoms with E-state index in [4.69, 9.17) is 99.5 Å². The summed E-state index contributed by atoms with van der Waals surface area (Å²) in [7, 11) is 1.52. The Bertz CT molecular complexity index is 4440. The first kappa shape index (κ1) is 111. The van der Waals surface area contributed by atoms with Crippen LogP contribution in [0.25, 0.3) is 0 Å². The molecule has 12 rings (SSSR count). The number of ether oxygens (including phenoxy) is 21. The molecule has 0 saturated carbocycles. The molecular formula is C115H158O25. The van der Waals surface area contributed by atoms with Crippen molar-refractivity contribution in [1.82, 2.24) is 0 Å². The minimum atomic E-state index is -1.47. The second-order valence-corrected chi connectivity index (χ2v) is 37.6. The number of carbonyl (C=O) groups excluding carboxylic acids is 4. The molecule has 0 radical (unpaired) electrons. The number of unbranched alkanes of at least 4 members (excludes halogenated alkanes) is 24. The summed E-state index contributed by atoms with van der Waals surface area (Å²) < 4.78 is 147. The highest BCUT2D eigenvalue weighted by Gasteiger charge is 2.59. The van der Waals surface area contributed by atoms with E-state index in [1.807, 2.05) is 212 Å². The minimum absolute atomic E-state index is 0.0434. The lowest BCUT2D eigenvalue weighted by Crippen LogP contribution is -2.49. The lowest BCUT2D eigenvalue weighted by Gasteiger charge is -2.33. The van der Waals surface area contributed by atoms with E-state index in [1.165, 1.54) is 20.0 Å². The Morgan fingerprint density at radius 1 is 0.207 bits per heavy atom. The van der Waals surface area contributed by atoms with E-state index >= 15 is 0 Å². The lowest BCUT2D eigenvalue weighted by atomic mass is 10.1. The van der Waals surface area contributed by atoms with Crippen LogP contribution in [0.15, 0.2) is 212 Å². The summed E-state index contributed by atoms with van der Waals surface area (Å²) in [4.78, 5) is 56.4. The van der Waals surface area contributed by atoms with E-state index in [0.717, 1.165) is 180 Å². The third-order valence-electron chi connectivity index (χ3n) is 26.4. The van der Waals surface area contributed by atoms with Gasteiger partial charge in [-0.1, -0.05) is 394 Å². The van der Waals surface area contributed by atoms with Gasteiger partial charge in [-0.3, -0.25) is 19.2 Å². The van der Waals surface area contributed by atoms with Gasteiger partial charge in [-0.25, -0.2) is 0 Å². The molecule has 0 spiro atoms. The number of carbonyl (C=O) groups is 4. The van der Waals surface area contributed by atoms with Gasteiger partial charge in [0.2, 0.25) is 0 Å². The van der Waals surface area contributed by atoms with E-state index in [9.17, 15) is 19.2 Å². The van der Waals surface area contributed by atoms with Gasteiger partial charge in [-0.15, -0.1) is 0 Å². The maximum Gasteiger partial charge on any atom is 0.305 e. The van der Waals surface area contributed by atoms with Crippen LogP contribution in [0, 0.1) is 0 Å². The van der Waals surface area contributed by atoms with Crippen LogP contribution in [0.4, 0.5) is 0 Å². The van der Waals surface area contributed by atoms with Crippen LogP contribution < -0.4 is 0 Å². The molecule has 25 nitrogen and oxygen atoms in total. The third-order valence-corrected chi connectivity index (χ3v) is 26.4. The normalized spacial score (nSPS) is 24.9. The molecule has 5 fully saturated rings. The molecule has 768 valence electrons. The summed E-state index contributed by atoms with van der Waals surface area (Å²) in [5.41, 5.74) is 5.98. The highest BCUT2D eigenvalue weighted by atomic mass is 16.8. The quantitative estimate of drug-likeness (QED) is 0.0195. The molecule has 0 bridgehead atoms. The summed E-state index contributed by atoms with van der Waals surface area (Å²) in [6.45, 7) is 8.12. The topological polar surface area (TPSA) is 262 Å². The Kier molecular flexibility index (Phi) is 50.9. The third kappa shape index (κ3) is 38.0. The molecule has 7 aromatic rings. The standard InChI is InChI=1S/C115H158O25/c1-6-10-14-18-22-26-51-69-97(116)121-80-92-101(125-73-85-55-37-30-38-56-85)106(129-77-89-63-45-34-46-64-89)113(135-92)139-109-103(127-75-87-59-41-32-42-60-87)94(82-123-99(118)71-53-28-24-20-16-12-8-3)134-112(109)132-84-96-105(108(111(120-5)133-96)131-79-91-67-49-36-50-68-91)138-115-110(104(128-76-88-61-43-33-44-62-88)95(137-115)83-124-100(119)72-54-29-25-21-17-13-9-4)140-114-107(130-78-90-65-47-35-48-66-90)102(126-74-86-57-39-31-40-58-86)93(136-114)81-122-98(117)70-52-27-23-19-15-11-7-2/h30-50,55-68,92-96,101-115H,6-29,51-54,69-84H2,1-5H3/t92-,93-,94-,95-,96-,101-,102-,103-,104-,105-,106+,107+,108+,109+,110+,111+,112+,113+,114+,115-/m1/s1. The summed E-state index contributed by atoms with van der Waals surface area (Å²) in [5, 5.41) is 0. The Labute approximate surface area is 831 Å². The summed E-state index contributed by atoms with van der Waals surface area (Å²) >= 11 is 0. The van der Waals surface area contributed by atoms with Crippen molar-refractivity contribution in [2.24, 2.45) is 0 Å². The van der Waals surface area contributed by atoms with Gasteiger partial charge in [0.1, 0.15) is 118 Å². The zero-order valence-corrected chi connectivity index (χ0v) is 83.6. The fourth-order valence-electron chi connectivity index (χ4n) is 18.5. The molecule has 25 heteroatoms. The van der Waals surface area contributed by atoms with Gasteiger partial charge >= 0.3 is 23.9 Å². The maximum atomic E-state index is 14.3. The van der Waals surface area contributed by atoms with Crippen molar-refractivity contribution < 1.29 is 119 Å². The molecule has 0 N–H and O–H groups in total. The average Bonchev–Trinajstić information content (AvgIpc) is 1.61. The molecule has 0 aliphatic carbocycles. The molecule has 5 aliphatic heterocycles. The molecule has 5 aliphatic rings. The molecule has 0 amide bonds. The largest absolute Gasteiger partial charge is 0.463 e. The minimum Gasteiger partial charge on any atom is -0.463 e. The van der Waals surface area contributed by atoms with E-state index in [1.54, 1.807) is 0 Å².